The van der Waals surface area contributed by atoms with Crippen LogP contribution in [0.2, 0.25) is 5.02 Å². The summed E-state index contributed by atoms with van der Waals surface area (Å²) in [6.45, 7) is 0. The van der Waals surface area contributed by atoms with Crippen molar-refractivity contribution in [3.05, 3.63) is 64.0 Å². The number of hydrogen-bond donors (Lipinski definition) is 0. The Morgan fingerprint density at radius 3 is 2.86 bits per heavy atom. The lowest BCUT2D eigenvalue weighted by Gasteiger charge is -2.08. The van der Waals surface area contributed by atoms with Crippen molar-refractivity contribution in [2.45, 2.75) is 6.42 Å². The Morgan fingerprint density at radius 2 is 2.05 bits per heavy atom. The lowest BCUT2D eigenvalue weighted by molar-refractivity contribution is 0.0994. The lowest BCUT2D eigenvalue weighted by Crippen LogP contribution is -2.04. The molecule has 4 heteroatoms. The van der Waals surface area contributed by atoms with Crippen LogP contribution in [-0.2, 0) is 6.42 Å². The molecule has 0 N–H and O–H groups in total. The minimum Gasteiger partial charge on any atom is -0.496 e. The highest BCUT2D eigenvalue weighted by atomic mass is 35.5. The molecule has 21 heavy (non-hydrogen) atoms. The SMILES string of the molecule is COc1ccc(Cl)cc1CC(=O)c1csc2ccccc12. The van der Waals surface area contributed by atoms with Crippen LogP contribution in [0.1, 0.15) is 15.9 Å². The minimum absolute atomic E-state index is 0.0769. The number of halogens is 1. The van der Waals surface area contributed by atoms with Crippen LogP contribution in [0, 0.1) is 0 Å². The van der Waals surface area contributed by atoms with Gasteiger partial charge < -0.3 is 4.74 Å². The molecule has 3 aromatic rings. The van der Waals surface area contributed by atoms with Crippen molar-refractivity contribution >= 4 is 38.8 Å². The van der Waals surface area contributed by atoms with E-state index in [0.29, 0.717) is 10.8 Å². The number of benzene rings is 2. The first kappa shape index (κ1) is 14.1. The number of Topliss-reactive ketones (excluding diaryl/α,β-unsaturated/α-hetero) is 1. The maximum Gasteiger partial charge on any atom is 0.168 e. The highest BCUT2D eigenvalue weighted by Crippen LogP contribution is 2.29. The first-order valence-corrected chi connectivity index (χ1v) is 7.76. The van der Waals surface area contributed by atoms with Gasteiger partial charge in [-0.1, -0.05) is 29.8 Å². The molecular formula is C17H13ClO2S. The maximum atomic E-state index is 12.6. The number of methoxy groups -OCH3 is 1. The van der Waals surface area contributed by atoms with Crippen molar-refractivity contribution < 1.29 is 9.53 Å². The summed E-state index contributed by atoms with van der Waals surface area (Å²) in [5.41, 5.74) is 1.57. The topological polar surface area (TPSA) is 26.3 Å². The zero-order valence-electron chi connectivity index (χ0n) is 11.4. The second-order valence-electron chi connectivity index (χ2n) is 4.70. The minimum atomic E-state index is 0.0769. The largest absolute Gasteiger partial charge is 0.496 e. The molecule has 0 atom stereocenters. The third kappa shape index (κ3) is 2.80. The summed E-state index contributed by atoms with van der Waals surface area (Å²) in [7, 11) is 1.59. The van der Waals surface area contributed by atoms with Crippen LogP contribution in [0.5, 0.6) is 5.75 Å². The van der Waals surface area contributed by atoms with Crippen molar-refractivity contribution in [3.8, 4) is 5.75 Å². The number of thiophene rings is 1. The molecule has 0 amide bonds. The fourth-order valence-corrected chi connectivity index (χ4v) is 3.51. The van der Waals surface area contributed by atoms with Crippen LogP contribution in [0.3, 0.4) is 0 Å². The Kier molecular flexibility index (Phi) is 3.95. The molecule has 0 bridgehead atoms. The fraction of sp³-hybridized carbons (Fsp3) is 0.118. The predicted molar refractivity (Wildman–Crippen MR) is 87.9 cm³/mol. The standard InChI is InChI=1S/C17H13ClO2S/c1-20-16-7-6-12(18)8-11(16)9-15(19)14-10-21-17-5-3-2-4-13(14)17/h2-8,10H,9H2,1H3. The highest BCUT2D eigenvalue weighted by Gasteiger charge is 2.15. The molecule has 0 radical (unpaired) electrons. The molecule has 0 saturated carbocycles. The molecular weight excluding hydrogens is 304 g/mol. The van der Waals surface area contributed by atoms with Crippen molar-refractivity contribution in [1.82, 2.24) is 0 Å². The summed E-state index contributed by atoms with van der Waals surface area (Å²) in [5.74, 6) is 0.764. The van der Waals surface area contributed by atoms with Gasteiger partial charge in [-0.2, -0.15) is 0 Å². The molecule has 0 aliphatic rings. The van der Waals surface area contributed by atoms with Crippen LogP contribution >= 0.6 is 22.9 Å². The van der Waals surface area contributed by atoms with Crippen molar-refractivity contribution in [3.63, 3.8) is 0 Å². The van der Waals surface area contributed by atoms with Crippen LogP contribution in [0.25, 0.3) is 10.1 Å². The van der Waals surface area contributed by atoms with E-state index in [-0.39, 0.29) is 12.2 Å². The number of ketones is 1. The van der Waals surface area contributed by atoms with Gasteiger partial charge >= 0.3 is 0 Å². The molecule has 0 unspecified atom stereocenters. The first-order chi connectivity index (χ1) is 10.2. The Labute approximate surface area is 131 Å². The number of carbonyl (C=O) groups is 1. The first-order valence-electron chi connectivity index (χ1n) is 6.51. The molecule has 2 nitrogen and oxygen atoms in total. The summed E-state index contributed by atoms with van der Waals surface area (Å²) in [6, 6.07) is 13.3. The number of ether oxygens (including phenoxy) is 1. The Hall–Kier alpha value is -1.84. The van der Waals surface area contributed by atoms with Crippen molar-refractivity contribution in [2.24, 2.45) is 0 Å². The predicted octanol–water partition coefficient (Wildman–Crippen LogP) is 4.99. The third-order valence-corrected chi connectivity index (χ3v) is 4.57. The van der Waals surface area contributed by atoms with Gasteiger partial charge in [0.15, 0.2) is 5.78 Å². The summed E-state index contributed by atoms with van der Waals surface area (Å²) >= 11 is 7.60. The second kappa shape index (κ2) is 5.88. The van der Waals surface area contributed by atoms with Gasteiger partial charge in [0.2, 0.25) is 0 Å². The van der Waals surface area contributed by atoms with E-state index in [1.807, 2.05) is 29.6 Å². The quantitative estimate of drug-likeness (QED) is 0.634. The Bertz CT molecular complexity index is 807. The van der Waals surface area contributed by atoms with Gasteiger partial charge in [-0.15, -0.1) is 11.3 Å². The summed E-state index contributed by atoms with van der Waals surface area (Å²) in [6.07, 6.45) is 0.282. The normalized spacial score (nSPS) is 10.8. The molecule has 106 valence electrons. The monoisotopic (exact) mass is 316 g/mol. The number of carbonyl (C=O) groups excluding carboxylic acids is 1. The van der Waals surface area contributed by atoms with E-state index >= 15 is 0 Å². The Balaban J connectivity index is 1.95. The number of fused-ring (bicyclic) bond motifs is 1. The molecule has 3 rings (SSSR count). The van der Waals surface area contributed by atoms with Crippen LogP contribution in [-0.4, -0.2) is 12.9 Å². The number of rotatable bonds is 4. The average Bonchev–Trinajstić information content (AvgIpc) is 2.91. The van der Waals surface area contributed by atoms with Gasteiger partial charge in [0.05, 0.1) is 7.11 Å². The molecule has 0 aliphatic carbocycles. The van der Waals surface area contributed by atoms with Crippen molar-refractivity contribution in [2.75, 3.05) is 7.11 Å². The Morgan fingerprint density at radius 1 is 1.24 bits per heavy atom. The molecule has 2 aromatic carbocycles. The second-order valence-corrected chi connectivity index (χ2v) is 6.05. The van der Waals surface area contributed by atoms with Gasteiger partial charge in [0.1, 0.15) is 5.75 Å². The van der Waals surface area contributed by atoms with E-state index in [9.17, 15) is 4.79 Å². The zero-order valence-corrected chi connectivity index (χ0v) is 13.0. The van der Waals surface area contributed by atoms with Crippen molar-refractivity contribution in [1.29, 1.82) is 0 Å². The van der Waals surface area contributed by atoms with E-state index < -0.39 is 0 Å². The fourth-order valence-electron chi connectivity index (χ4n) is 2.35. The smallest absolute Gasteiger partial charge is 0.168 e. The van der Waals surface area contributed by atoms with Gasteiger partial charge in [0.25, 0.3) is 0 Å². The maximum absolute atomic E-state index is 12.6. The third-order valence-electron chi connectivity index (χ3n) is 3.37. The van der Waals surface area contributed by atoms with E-state index in [1.165, 1.54) is 0 Å². The molecule has 1 aromatic heterocycles. The molecule has 0 aliphatic heterocycles. The van der Waals surface area contributed by atoms with Crippen LogP contribution in [0.15, 0.2) is 47.8 Å². The summed E-state index contributed by atoms with van der Waals surface area (Å²) in [4.78, 5) is 12.6. The van der Waals surface area contributed by atoms with Gasteiger partial charge in [-0.25, -0.2) is 0 Å². The van der Waals surface area contributed by atoms with Crippen LogP contribution < -0.4 is 4.74 Å². The van der Waals surface area contributed by atoms with E-state index in [2.05, 4.69) is 0 Å². The van der Waals surface area contributed by atoms with E-state index in [1.54, 1.807) is 36.6 Å². The molecule has 0 fully saturated rings. The summed E-state index contributed by atoms with van der Waals surface area (Å²) in [5, 5.41) is 3.53. The average molecular weight is 317 g/mol. The summed E-state index contributed by atoms with van der Waals surface area (Å²) < 4.78 is 6.42. The van der Waals surface area contributed by atoms with E-state index in [0.717, 1.165) is 21.2 Å². The van der Waals surface area contributed by atoms with Crippen LogP contribution in [0.4, 0.5) is 0 Å². The molecule has 1 heterocycles. The highest BCUT2D eigenvalue weighted by molar-refractivity contribution is 7.17. The van der Waals surface area contributed by atoms with Gasteiger partial charge in [0, 0.05) is 38.0 Å². The van der Waals surface area contributed by atoms with Gasteiger partial charge in [-0.05, 0) is 24.3 Å². The lowest BCUT2D eigenvalue weighted by atomic mass is 10.0. The van der Waals surface area contributed by atoms with E-state index in [4.69, 9.17) is 16.3 Å². The molecule has 0 saturated heterocycles. The molecule has 0 spiro atoms. The zero-order chi connectivity index (χ0) is 14.8. The number of hydrogen-bond acceptors (Lipinski definition) is 3. The van der Waals surface area contributed by atoms with Gasteiger partial charge in [-0.3, -0.25) is 4.79 Å².